The number of nitrogens with zero attached hydrogens (tertiary/aromatic N) is 1. The number of alkyl halides is 3. The predicted molar refractivity (Wildman–Crippen MR) is 149 cm³/mol. The molecular weight excluding hydrogens is 485 g/mol. The van der Waals surface area contributed by atoms with Crippen LogP contribution in [0.1, 0.15) is 79.4 Å². The van der Waals surface area contributed by atoms with E-state index in [0.29, 0.717) is 25.2 Å². The van der Waals surface area contributed by atoms with E-state index in [-0.39, 0.29) is 5.91 Å². The number of benzene rings is 3. The third-order valence-electron chi connectivity index (χ3n) is 6.79. The quantitative estimate of drug-likeness (QED) is 0.215. The van der Waals surface area contributed by atoms with Gasteiger partial charge in [0.2, 0.25) is 0 Å². The van der Waals surface area contributed by atoms with Gasteiger partial charge in [-0.25, -0.2) is 0 Å². The lowest BCUT2D eigenvalue weighted by molar-refractivity contribution is -0.137. The summed E-state index contributed by atoms with van der Waals surface area (Å²) in [6.07, 6.45) is 2.87. The zero-order valence-electron chi connectivity index (χ0n) is 22.5. The molecule has 0 heterocycles. The highest BCUT2D eigenvalue weighted by Gasteiger charge is 2.29. The molecule has 0 fully saturated rings. The lowest BCUT2D eigenvalue weighted by Crippen LogP contribution is -2.24. The van der Waals surface area contributed by atoms with E-state index >= 15 is 0 Å². The van der Waals surface area contributed by atoms with Crippen LogP contribution in [-0.2, 0) is 19.3 Å². The minimum atomic E-state index is -4.31. The van der Waals surface area contributed by atoms with E-state index in [1.165, 1.54) is 25.7 Å². The van der Waals surface area contributed by atoms with Crippen LogP contribution in [0.25, 0.3) is 11.1 Å². The van der Waals surface area contributed by atoms with E-state index in [4.69, 9.17) is 0 Å². The van der Waals surface area contributed by atoms with Gasteiger partial charge in [-0.1, -0.05) is 94.5 Å². The highest BCUT2D eigenvalue weighted by Crippen LogP contribution is 2.29. The Kier molecular flexibility index (Phi) is 11.4. The summed E-state index contributed by atoms with van der Waals surface area (Å²) in [6.45, 7) is 7.03. The zero-order valence-corrected chi connectivity index (χ0v) is 22.5. The summed E-state index contributed by atoms with van der Waals surface area (Å²) < 4.78 is 38.4. The number of carbonyl (C=O) groups excluding carboxylic acids is 1. The molecule has 0 spiro atoms. The van der Waals surface area contributed by atoms with Crippen molar-refractivity contribution >= 4 is 5.91 Å². The van der Waals surface area contributed by atoms with Crippen molar-refractivity contribution in [3.8, 4) is 11.1 Å². The van der Waals surface area contributed by atoms with Gasteiger partial charge in [-0.3, -0.25) is 9.69 Å². The van der Waals surface area contributed by atoms with Gasteiger partial charge in [0.25, 0.3) is 5.91 Å². The first-order chi connectivity index (χ1) is 18.3. The Morgan fingerprint density at radius 2 is 1.21 bits per heavy atom. The summed E-state index contributed by atoms with van der Waals surface area (Å²) in [5.41, 5.74) is 4.14. The second-order valence-corrected chi connectivity index (χ2v) is 9.80. The number of nitrogens with one attached hydrogen (secondary N) is 1. The summed E-state index contributed by atoms with van der Waals surface area (Å²) in [5.74, 6) is -0.0341. The van der Waals surface area contributed by atoms with E-state index in [0.717, 1.165) is 53.8 Å². The van der Waals surface area contributed by atoms with Crippen molar-refractivity contribution in [1.29, 1.82) is 0 Å². The molecule has 3 aromatic carbocycles. The summed E-state index contributed by atoms with van der Waals surface area (Å²) in [7, 11) is 0. The number of amides is 1. The Labute approximate surface area is 225 Å². The molecular formula is C32H39F3N2O. The maximum atomic E-state index is 12.8. The van der Waals surface area contributed by atoms with Crippen LogP contribution in [-0.4, -0.2) is 23.9 Å². The SMILES string of the molecule is CCCCCCCCNC(=O)c1ccc(-c2ccc(CN(CC)Cc3ccc(C(F)(F)F)cc3)cc2)cc1. The number of rotatable bonds is 14. The minimum absolute atomic E-state index is 0.0341. The van der Waals surface area contributed by atoms with Crippen molar-refractivity contribution in [2.45, 2.75) is 71.6 Å². The monoisotopic (exact) mass is 524 g/mol. The molecule has 3 nitrogen and oxygen atoms in total. The van der Waals surface area contributed by atoms with E-state index in [1.807, 2.05) is 31.2 Å². The maximum absolute atomic E-state index is 12.8. The number of hydrogen-bond acceptors (Lipinski definition) is 2. The first kappa shape index (κ1) is 29.4. The van der Waals surface area contributed by atoms with E-state index in [9.17, 15) is 18.0 Å². The van der Waals surface area contributed by atoms with Crippen molar-refractivity contribution in [1.82, 2.24) is 10.2 Å². The van der Waals surface area contributed by atoms with E-state index in [1.54, 1.807) is 12.1 Å². The van der Waals surface area contributed by atoms with Gasteiger partial charge in [0, 0.05) is 25.2 Å². The summed E-state index contributed by atoms with van der Waals surface area (Å²) in [5, 5.41) is 3.01. The van der Waals surface area contributed by atoms with Crippen LogP contribution in [0.4, 0.5) is 13.2 Å². The normalized spacial score (nSPS) is 11.6. The molecule has 0 aliphatic rings. The molecule has 0 unspecified atom stereocenters. The smallest absolute Gasteiger partial charge is 0.352 e. The fourth-order valence-electron chi connectivity index (χ4n) is 4.42. The van der Waals surface area contributed by atoms with Gasteiger partial charge in [-0.2, -0.15) is 13.2 Å². The molecule has 0 bridgehead atoms. The van der Waals surface area contributed by atoms with Crippen molar-refractivity contribution in [2.24, 2.45) is 0 Å². The average molecular weight is 525 g/mol. The molecule has 1 N–H and O–H groups in total. The van der Waals surface area contributed by atoms with Gasteiger partial charge in [-0.15, -0.1) is 0 Å². The third-order valence-corrected chi connectivity index (χ3v) is 6.79. The Bertz CT molecular complexity index is 1110. The van der Waals surface area contributed by atoms with Gasteiger partial charge in [0.15, 0.2) is 0 Å². The lowest BCUT2D eigenvalue weighted by Gasteiger charge is -2.21. The average Bonchev–Trinajstić information content (AvgIpc) is 2.92. The van der Waals surface area contributed by atoms with Gasteiger partial charge < -0.3 is 5.32 Å². The Morgan fingerprint density at radius 3 is 1.74 bits per heavy atom. The molecule has 0 saturated heterocycles. The van der Waals surface area contributed by atoms with Gasteiger partial charge in [0.05, 0.1) is 5.56 Å². The highest BCUT2D eigenvalue weighted by atomic mass is 19.4. The molecule has 3 aromatic rings. The molecule has 204 valence electrons. The van der Waals surface area contributed by atoms with Crippen molar-refractivity contribution in [3.05, 3.63) is 95.1 Å². The van der Waals surface area contributed by atoms with E-state index < -0.39 is 11.7 Å². The summed E-state index contributed by atoms with van der Waals surface area (Å²) in [4.78, 5) is 14.6. The first-order valence-electron chi connectivity index (χ1n) is 13.7. The lowest BCUT2D eigenvalue weighted by atomic mass is 10.0. The van der Waals surface area contributed by atoms with Crippen LogP contribution in [0, 0.1) is 0 Å². The van der Waals surface area contributed by atoms with Crippen LogP contribution in [0.2, 0.25) is 0 Å². The number of halogens is 3. The molecule has 0 atom stereocenters. The highest BCUT2D eigenvalue weighted by molar-refractivity contribution is 5.94. The molecule has 6 heteroatoms. The molecule has 1 amide bonds. The van der Waals surface area contributed by atoms with Crippen molar-refractivity contribution in [2.75, 3.05) is 13.1 Å². The third kappa shape index (κ3) is 9.32. The Balaban J connectivity index is 1.49. The second-order valence-electron chi connectivity index (χ2n) is 9.80. The summed E-state index contributed by atoms with van der Waals surface area (Å²) >= 11 is 0. The van der Waals surface area contributed by atoms with Crippen LogP contribution in [0.5, 0.6) is 0 Å². The van der Waals surface area contributed by atoms with Gasteiger partial charge >= 0.3 is 6.18 Å². The van der Waals surface area contributed by atoms with Gasteiger partial charge in [0.1, 0.15) is 0 Å². The molecule has 3 rings (SSSR count). The van der Waals surface area contributed by atoms with Crippen LogP contribution in [0.3, 0.4) is 0 Å². The topological polar surface area (TPSA) is 32.3 Å². The molecule has 0 aliphatic heterocycles. The molecule has 38 heavy (non-hydrogen) atoms. The maximum Gasteiger partial charge on any atom is 0.416 e. The molecule has 0 saturated carbocycles. The molecule has 0 radical (unpaired) electrons. The first-order valence-corrected chi connectivity index (χ1v) is 13.7. The fraction of sp³-hybridized carbons (Fsp3) is 0.406. The predicted octanol–water partition coefficient (Wildman–Crippen LogP) is 8.48. The Hall–Kier alpha value is -3.12. The van der Waals surface area contributed by atoms with E-state index in [2.05, 4.69) is 41.4 Å². The number of unbranched alkanes of at least 4 members (excludes halogenated alkanes) is 5. The Morgan fingerprint density at radius 1 is 0.711 bits per heavy atom. The summed E-state index contributed by atoms with van der Waals surface area (Å²) in [6, 6.07) is 21.3. The fourth-order valence-corrected chi connectivity index (χ4v) is 4.42. The standard InChI is InChI=1S/C32H39F3N2O/c1-3-5-6-7-8-9-22-36-31(38)29-18-16-28(17-19-29)27-14-10-25(11-15-27)23-37(4-2)24-26-12-20-30(21-13-26)32(33,34)35/h10-21H,3-9,22-24H2,1-2H3,(H,36,38). The van der Waals surface area contributed by atoms with Crippen LogP contribution >= 0.6 is 0 Å². The number of hydrogen-bond donors (Lipinski definition) is 1. The number of carbonyl (C=O) groups is 1. The largest absolute Gasteiger partial charge is 0.416 e. The minimum Gasteiger partial charge on any atom is -0.352 e. The van der Waals surface area contributed by atoms with Crippen LogP contribution < -0.4 is 5.32 Å². The van der Waals surface area contributed by atoms with Crippen molar-refractivity contribution < 1.29 is 18.0 Å². The zero-order chi connectivity index (χ0) is 27.4. The van der Waals surface area contributed by atoms with Crippen molar-refractivity contribution in [3.63, 3.8) is 0 Å². The molecule has 0 aliphatic carbocycles. The molecule has 0 aromatic heterocycles. The van der Waals surface area contributed by atoms with Crippen LogP contribution in [0.15, 0.2) is 72.8 Å². The van der Waals surface area contributed by atoms with Gasteiger partial charge in [-0.05, 0) is 59.5 Å². The second kappa shape index (κ2) is 14.7.